The second-order valence-electron chi connectivity index (χ2n) is 5.28. The summed E-state index contributed by atoms with van der Waals surface area (Å²) in [6.07, 6.45) is 0.910. The Balaban J connectivity index is 2.25. The smallest absolute Gasteiger partial charge is 0.232 e. The van der Waals surface area contributed by atoms with E-state index in [1.54, 1.807) is 24.3 Å². The van der Waals surface area contributed by atoms with E-state index in [4.69, 9.17) is 0 Å². The first-order valence-corrected chi connectivity index (χ1v) is 7.27. The van der Waals surface area contributed by atoms with Crippen LogP contribution in [-0.4, -0.2) is 11.0 Å². The molecule has 110 valence electrons. The zero-order chi connectivity index (χ0) is 15.2. The summed E-state index contributed by atoms with van der Waals surface area (Å²) in [7, 11) is 0. The predicted octanol–water partition coefficient (Wildman–Crippen LogP) is 4.16. The van der Waals surface area contributed by atoms with Crippen LogP contribution in [0.2, 0.25) is 0 Å². The quantitative estimate of drug-likeness (QED) is 0.809. The number of aromatic hydroxyl groups is 1. The zero-order valence-electron chi connectivity index (χ0n) is 12.4. The highest BCUT2D eigenvalue weighted by atomic mass is 16.3. The van der Waals surface area contributed by atoms with Gasteiger partial charge in [-0.3, -0.25) is 4.79 Å². The summed E-state index contributed by atoms with van der Waals surface area (Å²) in [4.78, 5) is 12.6. The molecule has 2 aromatic rings. The van der Waals surface area contributed by atoms with E-state index < -0.39 is 0 Å². The SMILES string of the molecule is CCC(C)C(C(=O)Nc1ccccc1O)c1ccccc1. The topological polar surface area (TPSA) is 49.3 Å². The highest BCUT2D eigenvalue weighted by molar-refractivity contribution is 5.97. The number of carbonyl (C=O) groups is 1. The van der Waals surface area contributed by atoms with E-state index in [-0.39, 0.29) is 23.5 Å². The van der Waals surface area contributed by atoms with E-state index in [1.165, 1.54) is 0 Å². The van der Waals surface area contributed by atoms with Gasteiger partial charge in [0.2, 0.25) is 5.91 Å². The van der Waals surface area contributed by atoms with Gasteiger partial charge in [-0.2, -0.15) is 0 Å². The van der Waals surface area contributed by atoms with Crippen LogP contribution in [0, 0.1) is 5.92 Å². The summed E-state index contributed by atoms with van der Waals surface area (Å²) in [6.45, 7) is 4.15. The van der Waals surface area contributed by atoms with Crippen molar-refractivity contribution in [3.8, 4) is 5.75 Å². The van der Waals surface area contributed by atoms with Crippen molar-refractivity contribution in [2.24, 2.45) is 5.92 Å². The van der Waals surface area contributed by atoms with Crippen LogP contribution in [0.1, 0.15) is 31.7 Å². The third-order valence-corrected chi connectivity index (χ3v) is 3.82. The van der Waals surface area contributed by atoms with Crippen LogP contribution in [0.5, 0.6) is 5.75 Å². The van der Waals surface area contributed by atoms with Crippen molar-refractivity contribution in [3.63, 3.8) is 0 Å². The van der Waals surface area contributed by atoms with Crippen LogP contribution in [0.3, 0.4) is 0 Å². The van der Waals surface area contributed by atoms with E-state index in [9.17, 15) is 9.90 Å². The Morgan fingerprint density at radius 2 is 1.71 bits per heavy atom. The number of hydrogen-bond acceptors (Lipinski definition) is 2. The molecule has 0 aliphatic carbocycles. The minimum absolute atomic E-state index is 0.0850. The van der Waals surface area contributed by atoms with Gasteiger partial charge in [-0.1, -0.05) is 62.7 Å². The van der Waals surface area contributed by atoms with Crippen molar-refractivity contribution in [1.29, 1.82) is 0 Å². The number of anilines is 1. The van der Waals surface area contributed by atoms with Gasteiger partial charge in [-0.25, -0.2) is 0 Å². The molecule has 2 rings (SSSR count). The number of benzene rings is 2. The Hall–Kier alpha value is -2.29. The first-order chi connectivity index (χ1) is 10.1. The second kappa shape index (κ2) is 6.93. The number of carbonyl (C=O) groups excluding carboxylic acids is 1. The molecule has 0 aliphatic rings. The number of phenolic OH excluding ortho intramolecular Hbond substituents is 1. The van der Waals surface area contributed by atoms with Crippen molar-refractivity contribution in [1.82, 2.24) is 0 Å². The maximum atomic E-state index is 12.6. The summed E-state index contributed by atoms with van der Waals surface area (Å²) in [5.41, 5.74) is 1.45. The highest BCUT2D eigenvalue weighted by Crippen LogP contribution is 2.30. The summed E-state index contributed by atoms with van der Waals surface area (Å²) in [5.74, 6) is -0.00655. The lowest BCUT2D eigenvalue weighted by Gasteiger charge is -2.23. The molecule has 0 heterocycles. The molecular weight excluding hydrogens is 262 g/mol. The number of nitrogens with one attached hydrogen (secondary N) is 1. The van der Waals surface area contributed by atoms with E-state index in [0.717, 1.165) is 12.0 Å². The molecule has 21 heavy (non-hydrogen) atoms. The maximum absolute atomic E-state index is 12.6. The van der Waals surface area contributed by atoms with Crippen molar-refractivity contribution in [2.75, 3.05) is 5.32 Å². The molecule has 3 nitrogen and oxygen atoms in total. The number of phenols is 1. The van der Waals surface area contributed by atoms with Crippen LogP contribution < -0.4 is 5.32 Å². The number of para-hydroxylation sites is 2. The molecule has 0 aliphatic heterocycles. The van der Waals surface area contributed by atoms with E-state index >= 15 is 0 Å². The predicted molar refractivity (Wildman–Crippen MR) is 85.4 cm³/mol. The molecular formula is C18H21NO2. The lowest BCUT2D eigenvalue weighted by Crippen LogP contribution is -2.26. The van der Waals surface area contributed by atoms with Crippen LogP contribution >= 0.6 is 0 Å². The minimum atomic E-state index is -0.226. The second-order valence-corrected chi connectivity index (χ2v) is 5.28. The van der Waals surface area contributed by atoms with Crippen LogP contribution in [0.25, 0.3) is 0 Å². The lowest BCUT2D eigenvalue weighted by atomic mass is 9.85. The molecule has 0 aromatic heterocycles. The van der Waals surface area contributed by atoms with Crippen LogP contribution in [0.15, 0.2) is 54.6 Å². The summed E-state index contributed by atoms with van der Waals surface area (Å²) >= 11 is 0. The van der Waals surface area contributed by atoms with Gasteiger partial charge in [0, 0.05) is 0 Å². The van der Waals surface area contributed by atoms with Gasteiger partial charge in [0.25, 0.3) is 0 Å². The zero-order valence-corrected chi connectivity index (χ0v) is 12.4. The fraction of sp³-hybridized carbons (Fsp3) is 0.278. The van der Waals surface area contributed by atoms with Crippen LogP contribution in [-0.2, 0) is 4.79 Å². The third-order valence-electron chi connectivity index (χ3n) is 3.82. The number of rotatable bonds is 5. The molecule has 0 saturated carbocycles. The van der Waals surface area contributed by atoms with Crippen molar-refractivity contribution in [2.45, 2.75) is 26.2 Å². The summed E-state index contributed by atoms with van der Waals surface area (Å²) in [5, 5.41) is 12.6. The Kier molecular flexibility index (Phi) is 4.99. The van der Waals surface area contributed by atoms with Gasteiger partial charge in [0.05, 0.1) is 11.6 Å². The Morgan fingerprint density at radius 1 is 1.10 bits per heavy atom. The minimum Gasteiger partial charge on any atom is -0.506 e. The lowest BCUT2D eigenvalue weighted by molar-refractivity contribution is -0.118. The molecule has 2 unspecified atom stereocenters. The van der Waals surface area contributed by atoms with Gasteiger partial charge in [0.1, 0.15) is 5.75 Å². The van der Waals surface area contributed by atoms with Crippen molar-refractivity contribution < 1.29 is 9.90 Å². The average molecular weight is 283 g/mol. The Labute approximate surface area is 125 Å². The molecule has 2 N–H and O–H groups in total. The van der Waals surface area contributed by atoms with Gasteiger partial charge >= 0.3 is 0 Å². The molecule has 0 fully saturated rings. The first-order valence-electron chi connectivity index (χ1n) is 7.27. The van der Waals surface area contributed by atoms with Gasteiger partial charge in [0.15, 0.2) is 0 Å². The molecule has 0 saturated heterocycles. The molecule has 1 amide bonds. The van der Waals surface area contributed by atoms with E-state index in [0.29, 0.717) is 5.69 Å². The maximum Gasteiger partial charge on any atom is 0.232 e. The summed E-state index contributed by atoms with van der Waals surface area (Å²) in [6, 6.07) is 16.6. The fourth-order valence-electron chi connectivity index (χ4n) is 2.42. The van der Waals surface area contributed by atoms with Crippen LogP contribution in [0.4, 0.5) is 5.69 Å². The van der Waals surface area contributed by atoms with Crippen molar-refractivity contribution >= 4 is 11.6 Å². The number of amides is 1. The average Bonchev–Trinajstić information content (AvgIpc) is 2.50. The van der Waals surface area contributed by atoms with E-state index in [1.807, 2.05) is 30.3 Å². The van der Waals surface area contributed by atoms with Gasteiger partial charge in [-0.05, 0) is 23.6 Å². The largest absolute Gasteiger partial charge is 0.506 e. The normalized spacial score (nSPS) is 13.4. The Bertz CT molecular complexity index is 595. The number of hydrogen-bond donors (Lipinski definition) is 2. The van der Waals surface area contributed by atoms with Gasteiger partial charge < -0.3 is 10.4 Å². The molecule has 0 bridgehead atoms. The molecule has 3 heteroatoms. The first kappa shape index (κ1) is 15.1. The summed E-state index contributed by atoms with van der Waals surface area (Å²) < 4.78 is 0. The third kappa shape index (κ3) is 3.63. The Morgan fingerprint density at radius 3 is 2.33 bits per heavy atom. The molecule has 0 spiro atoms. The highest BCUT2D eigenvalue weighted by Gasteiger charge is 2.26. The van der Waals surface area contributed by atoms with Crippen molar-refractivity contribution in [3.05, 3.63) is 60.2 Å². The molecule has 2 atom stereocenters. The molecule has 2 aromatic carbocycles. The standard InChI is InChI=1S/C18H21NO2/c1-3-13(2)17(14-9-5-4-6-10-14)18(21)19-15-11-7-8-12-16(15)20/h4-13,17,20H,3H2,1-2H3,(H,19,21). The monoisotopic (exact) mass is 283 g/mol. The molecule has 0 radical (unpaired) electrons. The van der Waals surface area contributed by atoms with E-state index in [2.05, 4.69) is 19.2 Å². The van der Waals surface area contributed by atoms with Gasteiger partial charge in [-0.15, -0.1) is 0 Å². The fourth-order valence-corrected chi connectivity index (χ4v) is 2.42.